The largest absolute Gasteiger partial charge is 0.491 e. The molecule has 1 aromatic rings. The minimum atomic E-state index is -0.0815. The quantitative estimate of drug-likeness (QED) is 0.776. The predicted octanol–water partition coefficient (Wildman–Crippen LogP) is 2.16. The van der Waals surface area contributed by atoms with Crippen molar-refractivity contribution in [1.82, 2.24) is 10.2 Å². The van der Waals surface area contributed by atoms with Gasteiger partial charge in [-0.05, 0) is 51.7 Å². The monoisotopic (exact) mass is 276 g/mol. The zero-order chi connectivity index (χ0) is 15.0. The molecule has 0 heterocycles. The van der Waals surface area contributed by atoms with E-state index in [1.165, 1.54) is 0 Å². The standard InChI is InChI=1S/C16H24N2O2/c1-13(2)20-15-7-5-6-14(12-15)8-9-16(19)17-10-11-18(3)4/h5-9,12-13H,10-11H2,1-4H3,(H,17,19)/b9-8+. The molecule has 110 valence electrons. The number of carbonyl (C=O) groups excluding carboxylic acids is 1. The molecule has 1 N–H and O–H groups in total. The number of nitrogens with zero attached hydrogens (tertiary/aromatic N) is 1. The number of amides is 1. The van der Waals surface area contributed by atoms with Gasteiger partial charge in [0, 0.05) is 19.2 Å². The molecule has 0 radical (unpaired) electrons. The van der Waals surface area contributed by atoms with Crippen LogP contribution in [-0.4, -0.2) is 44.1 Å². The maximum Gasteiger partial charge on any atom is 0.244 e. The van der Waals surface area contributed by atoms with E-state index in [0.29, 0.717) is 6.54 Å². The van der Waals surface area contributed by atoms with E-state index >= 15 is 0 Å². The Bertz CT molecular complexity index is 454. The summed E-state index contributed by atoms with van der Waals surface area (Å²) in [5, 5.41) is 2.83. The summed E-state index contributed by atoms with van der Waals surface area (Å²) in [6.45, 7) is 5.45. The summed E-state index contributed by atoms with van der Waals surface area (Å²) in [5.74, 6) is 0.734. The van der Waals surface area contributed by atoms with Crippen molar-refractivity contribution in [3.8, 4) is 5.75 Å². The summed E-state index contributed by atoms with van der Waals surface area (Å²) in [5.41, 5.74) is 0.950. The molecule has 0 saturated carbocycles. The lowest BCUT2D eigenvalue weighted by molar-refractivity contribution is -0.116. The molecule has 0 aliphatic carbocycles. The Balaban J connectivity index is 2.50. The van der Waals surface area contributed by atoms with Gasteiger partial charge in [-0.3, -0.25) is 4.79 Å². The molecule has 4 nitrogen and oxygen atoms in total. The topological polar surface area (TPSA) is 41.6 Å². The third-order valence-electron chi connectivity index (χ3n) is 2.52. The second-order valence-electron chi connectivity index (χ2n) is 5.17. The molecule has 1 amide bonds. The molecule has 0 atom stereocenters. The van der Waals surface area contributed by atoms with Gasteiger partial charge in [0.1, 0.15) is 5.75 Å². The fourth-order valence-electron chi connectivity index (χ4n) is 1.60. The van der Waals surface area contributed by atoms with Crippen LogP contribution in [0.3, 0.4) is 0 Å². The molecule has 1 aromatic carbocycles. The van der Waals surface area contributed by atoms with Crippen LogP contribution < -0.4 is 10.1 Å². The summed E-state index contributed by atoms with van der Waals surface area (Å²) in [7, 11) is 3.95. The highest BCUT2D eigenvalue weighted by Crippen LogP contribution is 2.15. The van der Waals surface area contributed by atoms with Gasteiger partial charge in [0.25, 0.3) is 0 Å². The van der Waals surface area contributed by atoms with Gasteiger partial charge in [-0.2, -0.15) is 0 Å². The van der Waals surface area contributed by atoms with Crippen LogP contribution in [0.1, 0.15) is 19.4 Å². The lowest BCUT2D eigenvalue weighted by Gasteiger charge is -2.10. The first-order valence-electron chi connectivity index (χ1n) is 6.84. The van der Waals surface area contributed by atoms with Gasteiger partial charge in [0.05, 0.1) is 6.10 Å². The van der Waals surface area contributed by atoms with Gasteiger partial charge < -0.3 is 15.0 Å². The van der Waals surface area contributed by atoms with Gasteiger partial charge in [-0.15, -0.1) is 0 Å². The van der Waals surface area contributed by atoms with Gasteiger partial charge in [0.2, 0.25) is 5.91 Å². The summed E-state index contributed by atoms with van der Waals surface area (Å²) in [4.78, 5) is 13.6. The van der Waals surface area contributed by atoms with E-state index in [1.807, 2.05) is 57.1 Å². The molecule has 1 rings (SSSR count). The molecule has 0 aliphatic rings. The van der Waals surface area contributed by atoms with Crippen LogP contribution in [0.15, 0.2) is 30.3 Å². The van der Waals surface area contributed by atoms with Crippen LogP contribution in [0, 0.1) is 0 Å². The molecular formula is C16H24N2O2. The van der Waals surface area contributed by atoms with Crippen molar-refractivity contribution in [2.45, 2.75) is 20.0 Å². The first-order chi connectivity index (χ1) is 9.47. The van der Waals surface area contributed by atoms with E-state index in [9.17, 15) is 4.79 Å². The maximum absolute atomic E-state index is 11.6. The molecule has 4 heteroatoms. The number of carbonyl (C=O) groups is 1. The summed E-state index contributed by atoms with van der Waals surface area (Å²) < 4.78 is 5.61. The zero-order valence-electron chi connectivity index (χ0n) is 12.7. The van der Waals surface area contributed by atoms with Gasteiger partial charge in [0.15, 0.2) is 0 Å². The van der Waals surface area contributed by atoms with Crippen molar-refractivity contribution in [3.63, 3.8) is 0 Å². The van der Waals surface area contributed by atoms with Crippen LogP contribution >= 0.6 is 0 Å². The van der Waals surface area contributed by atoms with Crippen LogP contribution in [-0.2, 0) is 4.79 Å². The Kier molecular flexibility index (Phi) is 6.81. The fraction of sp³-hybridized carbons (Fsp3) is 0.438. The first-order valence-corrected chi connectivity index (χ1v) is 6.84. The molecule has 0 aromatic heterocycles. The van der Waals surface area contributed by atoms with Crippen molar-refractivity contribution in [2.24, 2.45) is 0 Å². The highest BCUT2D eigenvalue weighted by Gasteiger charge is 1.99. The second kappa shape index (κ2) is 8.38. The minimum absolute atomic E-state index is 0.0815. The molecule has 0 bridgehead atoms. The van der Waals surface area contributed by atoms with Crippen molar-refractivity contribution in [3.05, 3.63) is 35.9 Å². The summed E-state index contributed by atoms with van der Waals surface area (Å²) in [6.07, 6.45) is 3.48. The summed E-state index contributed by atoms with van der Waals surface area (Å²) >= 11 is 0. The van der Waals surface area contributed by atoms with Crippen molar-refractivity contribution in [2.75, 3.05) is 27.2 Å². The number of likely N-dealkylation sites (N-methyl/N-ethyl adjacent to an activating group) is 1. The van der Waals surface area contributed by atoms with E-state index < -0.39 is 0 Å². The number of benzene rings is 1. The number of hydrogen-bond acceptors (Lipinski definition) is 3. The molecule has 0 spiro atoms. The zero-order valence-corrected chi connectivity index (χ0v) is 12.7. The molecule has 0 saturated heterocycles. The van der Waals surface area contributed by atoms with Crippen molar-refractivity contribution in [1.29, 1.82) is 0 Å². The lowest BCUT2D eigenvalue weighted by Crippen LogP contribution is -2.30. The normalized spacial score (nSPS) is 11.3. The van der Waals surface area contributed by atoms with Crippen molar-refractivity contribution >= 4 is 12.0 Å². The Morgan fingerprint density at radius 3 is 2.80 bits per heavy atom. The Morgan fingerprint density at radius 2 is 2.15 bits per heavy atom. The predicted molar refractivity (Wildman–Crippen MR) is 82.8 cm³/mol. The third-order valence-corrected chi connectivity index (χ3v) is 2.52. The average molecular weight is 276 g/mol. The van der Waals surface area contributed by atoms with E-state index in [-0.39, 0.29) is 12.0 Å². The van der Waals surface area contributed by atoms with Crippen molar-refractivity contribution < 1.29 is 9.53 Å². The fourth-order valence-corrected chi connectivity index (χ4v) is 1.60. The number of rotatable bonds is 7. The third kappa shape index (κ3) is 6.95. The Labute approximate surface area is 121 Å². The van der Waals surface area contributed by atoms with Gasteiger partial charge >= 0.3 is 0 Å². The number of ether oxygens (including phenoxy) is 1. The van der Waals surface area contributed by atoms with E-state index in [4.69, 9.17) is 4.74 Å². The van der Waals surface area contributed by atoms with Crippen LogP contribution in [0.5, 0.6) is 5.75 Å². The Hall–Kier alpha value is -1.81. The van der Waals surface area contributed by atoms with E-state index in [1.54, 1.807) is 12.2 Å². The van der Waals surface area contributed by atoms with E-state index in [0.717, 1.165) is 17.9 Å². The minimum Gasteiger partial charge on any atom is -0.491 e. The number of nitrogens with one attached hydrogen (secondary N) is 1. The molecule has 20 heavy (non-hydrogen) atoms. The first kappa shape index (κ1) is 16.2. The smallest absolute Gasteiger partial charge is 0.244 e. The van der Waals surface area contributed by atoms with Crippen LogP contribution in [0.4, 0.5) is 0 Å². The second-order valence-corrected chi connectivity index (χ2v) is 5.17. The SMILES string of the molecule is CC(C)Oc1cccc(/C=C/C(=O)NCCN(C)C)c1. The Morgan fingerprint density at radius 1 is 1.40 bits per heavy atom. The highest BCUT2D eigenvalue weighted by atomic mass is 16.5. The maximum atomic E-state index is 11.6. The molecular weight excluding hydrogens is 252 g/mol. The summed E-state index contributed by atoms with van der Waals surface area (Å²) in [6, 6.07) is 7.69. The molecule has 0 fully saturated rings. The number of hydrogen-bond donors (Lipinski definition) is 1. The van der Waals surface area contributed by atoms with Crippen LogP contribution in [0.25, 0.3) is 6.08 Å². The van der Waals surface area contributed by atoms with Gasteiger partial charge in [-0.1, -0.05) is 12.1 Å². The average Bonchev–Trinajstić information content (AvgIpc) is 2.35. The van der Waals surface area contributed by atoms with E-state index in [2.05, 4.69) is 5.32 Å². The lowest BCUT2D eigenvalue weighted by atomic mass is 10.2. The molecule has 0 aliphatic heterocycles. The van der Waals surface area contributed by atoms with Gasteiger partial charge in [-0.25, -0.2) is 0 Å². The van der Waals surface area contributed by atoms with Crippen LogP contribution in [0.2, 0.25) is 0 Å². The highest BCUT2D eigenvalue weighted by molar-refractivity contribution is 5.91. The molecule has 0 unspecified atom stereocenters.